The molecule has 2 aliphatic heterocycles. The summed E-state index contributed by atoms with van der Waals surface area (Å²) < 4.78 is 39.0. The second-order valence-corrected chi connectivity index (χ2v) is 16.1. The average Bonchev–Trinajstić information content (AvgIpc) is 2.79. The third-order valence-corrected chi connectivity index (χ3v) is 13.1. The molecule has 0 unspecified atom stereocenters. The standard InChI is InChI=1S/2C11H15P.C8H12.BF4.Rh/c2*1-9-8-10(2)12(9)11-6-4-3-5-7-11;1-2-4-6-8-7-5-3-1;2-1(3,4)5;/h2*3-7,9-10H,8H2,1-2H3;1-2,7-8H,3-6H2;;/q;;;-1;+1/b;;2-1-,8-7-;;/t2*9-,10-;;;/m11.../s1. The van der Waals surface area contributed by atoms with Gasteiger partial charge < -0.3 is 17.3 Å². The van der Waals surface area contributed by atoms with E-state index >= 15 is 0 Å². The first-order valence-electron chi connectivity index (χ1n) is 13.4. The van der Waals surface area contributed by atoms with E-state index in [1.807, 2.05) is 0 Å². The van der Waals surface area contributed by atoms with Crippen LogP contribution in [0.4, 0.5) is 17.3 Å². The minimum Gasteiger partial charge on any atom is -0.418 e. The van der Waals surface area contributed by atoms with Gasteiger partial charge in [0, 0.05) is 0 Å². The van der Waals surface area contributed by atoms with E-state index in [4.69, 9.17) is 0 Å². The average molecular weight is 654 g/mol. The van der Waals surface area contributed by atoms with Gasteiger partial charge in [0.2, 0.25) is 0 Å². The summed E-state index contributed by atoms with van der Waals surface area (Å²) in [5, 5.41) is 3.19. The van der Waals surface area contributed by atoms with Gasteiger partial charge in [0.25, 0.3) is 0 Å². The molecule has 0 radical (unpaired) electrons. The first kappa shape index (κ1) is 35.2. The largest absolute Gasteiger partial charge is 1.00 e. The number of benzene rings is 2. The Morgan fingerprint density at radius 3 is 0.974 bits per heavy atom. The molecule has 0 bridgehead atoms. The van der Waals surface area contributed by atoms with Crippen LogP contribution in [0.2, 0.25) is 0 Å². The van der Waals surface area contributed by atoms with Crippen LogP contribution in [-0.2, 0) is 19.5 Å². The predicted octanol–water partition coefficient (Wildman–Crippen LogP) is 9.92. The third-order valence-electron chi connectivity index (χ3n) is 6.71. The van der Waals surface area contributed by atoms with Crippen molar-refractivity contribution in [3.8, 4) is 0 Å². The molecule has 4 atom stereocenters. The monoisotopic (exact) mass is 654 g/mol. The van der Waals surface area contributed by atoms with E-state index in [9.17, 15) is 17.3 Å². The molecular formula is C30H42BF4P2Rh. The summed E-state index contributed by atoms with van der Waals surface area (Å²) in [5.41, 5.74) is 3.82. The quantitative estimate of drug-likeness (QED) is 0.131. The summed E-state index contributed by atoms with van der Waals surface area (Å²) in [7, 11) is -5.63. The number of allylic oxidation sites excluding steroid dienone is 4. The number of rotatable bonds is 2. The van der Waals surface area contributed by atoms with Gasteiger partial charge in [0.15, 0.2) is 0 Å². The van der Waals surface area contributed by atoms with Crippen molar-refractivity contribution in [1.29, 1.82) is 0 Å². The summed E-state index contributed by atoms with van der Waals surface area (Å²) in [6.45, 7) is 9.55. The molecule has 2 saturated heterocycles. The molecule has 0 aromatic heterocycles. The fourth-order valence-electron chi connectivity index (χ4n) is 5.11. The Morgan fingerprint density at radius 1 is 0.526 bits per heavy atom. The van der Waals surface area contributed by atoms with Crippen molar-refractivity contribution in [1.82, 2.24) is 0 Å². The van der Waals surface area contributed by atoms with Gasteiger partial charge in [-0.1, -0.05) is 129 Å². The van der Waals surface area contributed by atoms with E-state index in [1.54, 1.807) is 10.6 Å². The van der Waals surface area contributed by atoms with Gasteiger partial charge >= 0.3 is 26.7 Å². The van der Waals surface area contributed by atoms with Crippen molar-refractivity contribution in [2.45, 2.75) is 88.9 Å². The Kier molecular flexibility index (Phi) is 17.2. The molecule has 8 heteroatoms. The van der Waals surface area contributed by atoms with Crippen molar-refractivity contribution >= 4 is 33.7 Å². The molecule has 1 aliphatic carbocycles. The predicted molar refractivity (Wildman–Crippen MR) is 160 cm³/mol. The number of hydrogen-bond acceptors (Lipinski definition) is 0. The first-order valence-corrected chi connectivity index (χ1v) is 16.4. The molecule has 0 N–H and O–H groups in total. The molecule has 2 aromatic rings. The molecule has 0 nitrogen and oxygen atoms in total. The van der Waals surface area contributed by atoms with Crippen molar-refractivity contribution in [3.63, 3.8) is 0 Å². The van der Waals surface area contributed by atoms with Crippen LogP contribution in [0, 0.1) is 0 Å². The van der Waals surface area contributed by atoms with E-state index in [0.717, 1.165) is 22.6 Å². The zero-order valence-corrected chi connectivity index (χ0v) is 26.4. The van der Waals surface area contributed by atoms with Crippen LogP contribution >= 0.6 is 15.8 Å². The molecule has 212 valence electrons. The fourth-order valence-corrected chi connectivity index (χ4v) is 11.3. The number of halogens is 4. The maximum atomic E-state index is 9.75. The summed E-state index contributed by atoms with van der Waals surface area (Å²) in [4.78, 5) is 0. The normalized spacial score (nSPS) is 26.3. The molecule has 2 heterocycles. The number of hydrogen-bond donors (Lipinski definition) is 0. The van der Waals surface area contributed by atoms with Gasteiger partial charge in [-0.15, -0.1) is 0 Å². The Morgan fingerprint density at radius 2 is 0.763 bits per heavy atom. The molecule has 2 aromatic carbocycles. The zero-order valence-electron chi connectivity index (χ0n) is 23.0. The second kappa shape index (κ2) is 18.5. The Balaban J connectivity index is 0.000000264. The Bertz CT molecular complexity index is 835. The fraction of sp³-hybridized carbons (Fsp3) is 0.467. The van der Waals surface area contributed by atoms with Crippen LogP contribution in [0.15, 0.2) is 85.0 Å². The van der Waals surface area contributed by atoms with Gasteiger partial charge in [-0.3, -0.25) is 0 Å². The first-order chi connectivity index (χ1) is 17.6. The van der Waals surface area contributed by atoms with Crippen molar-refractivity contribution in [3.05, 3.63) is 85.0 Å². The summed E-state index contributed by atoms with van der Waals surface area (Å²) in [6, 6.07) is 22.0. The van der Waals surface area contributed by atoms with Gasteiger partial charge in [-0.25, -0.2) is 0 Å². The van der Waals surface area contributed by atoms with Crippen LogP contribution in [-0.4, -0.2) is 29.9 Å². The van der Waals surface area contributed by atoms with Crippen molar-refractivity contribution in [2.24, 2.45) is 0 Å². The van der Waals surface area contributed by atoms with Crippen LogP contribution in [0.1, 0.15) is 66.2 Å². The molecule has 3 aliphatic rings. The Labute approximate surface area is 243 Å². The smallest absolute Gasteiger partial charge is 0.418 e. The van der Waals surface area contributed by atoms with Crippen LogP contribution in [0.3, 0.4) is 0 Å². The van der Waals surface area contributed by atoms with E-state index in [1.165, 1.54) is 38.5 Å². The molecule has 0 spiro atoms. The van der Waals surface area contributed by atoms with E-state index in [0.29, 0.717) is 0 Å². The van der Waals surface area contributed by atoms with Gasteiger partial charge in [-0.05, 0) is 71.8 Å². The summed E-state index contributed by atoms with van der Waals surface area (Å²) >= 11 is 0. The molecule has 38 heavy (non-hydrogen) atoms. The van der Waals surface area contributed by atoms with Gasteiger partial charge in [0.1, 0.15) is 0 Å². The zero-order chi connectivity index (χ0) is 27.3. The van der Waals surface area contributed by atoms with Crippen molar-refractivity contribution in [2.75, 3.05) is 0 Å². The molecule has 0 amide bonds. The van der Waals surface area contributed by atoms with Gasteiger partial charge in [-0.2, -0.15) is 0 Å². The van der Waals surface area contributed by atoms with Crippen molar-refractivity contribution < 1.29 is 36.7 Å². The third kappa shape index (κ3) is 13.5. The van der Waals surface area contributed by atoms with E-state index in [2.05, 4.69) is 113 Å². The minimum atomic E-state index is -6.00. The van der Waals surface area contributed by atoms with Crippen LogP contribution in [0.25, 0.3) is 0 Å². The van der Waals surface area contributed by atoms with Gasteiger partial charge in [0.05, 0.1) is 0 Å². The molecule has 0 saturated carbocycles. The summed E-state index contributed by atoms with van der Waals surface area (Å²) in [6.07, 6.45) is 16.9. The SMILES string of the molecule is C1=C\CC/C=C\CC/1.C[C@@H]1C[C@@H](C)P1c1ccccc1.C[C@@H]1C[C@@H](C)P1c1ccccc1.F[B-](F)(F)F.[Rh+]. The van der Waals surface area contributed by atoms with Crippen LogP contribution < -0.4 is 10.6 Å². The van der Waals surface area contributed by atoms with E-state index in [-0.39, 0.29) is 35.3 Å². The maximum Gasteiger partial charge on any atom is 1.00 e. The minimum absolute atomic E-state index is 0. The summed E-state index contributed by atoms with van der Waals surface area (Å²) in [5.74, 6) is 0. The topological polar surface area (TPSA) is 0 Å². The Hall–Kier alpha value is -0.812. The molecule has 2 fully saturated rings. The molecular weight excluding hydrogens is 612 g/mol. The maximum absolute atomic E-state index is 9.75. The van der Waals surface area contributed by atoms with Crippen LogP contribution in [0.5, 0.6) is 0 Å². The second-order valence-electron chi connectivity index (χ2n) is 9.95. The van der Waals surface area contributed by atoms with E-state index < -0.39 is 7.25 Å². The molecule has 5 rings (SSSR count).